The molecule has 0 aliphatic heterocycles. The number of carbonyl (C=O) groups is 1. The number of aliphatic hydroxyl groups is 1. The van der Waals surface area contributed by atoms with E-state index in [4.69, 9.17) is 4.74 Å². The van der Waals surface area contributed by atoms with Gasteiger partial charge in [0.2, 0.25) is 5.69 Å². The second kappa shape index (κ2) is 6.67. The van der Waals surface area contributed by atoms with Crippen LogP contribution in [0.3, 0.4) is 0 Å². The molecule has 1 aromatic carbocycles. The summed E-state index contributed by atoms with van der Waals surface area (Å²) in [7, 11) is 0. The van der Waals surface area contributed by atoms with Crippen molar-refractivity contribution in [3.05, 3.63) is 51.8 Å². The quantitative estimate of drug-likeness (QED) is 0.644. The highest BCUT2D eigenvalue weighted by atomic mass is 79.9. The van der Waals surface area contributed by atoms with Crippen molar-refractivity contribution in [2.45, 2.75) is 20.1 Å². The van der Waals surface area contributed by atoms with E-state index in [0.717, 1.165) is 10.0 Å². The summed E-state index contributed by atoms with van der Waals surface area (Å²) in [5.41, 5.74) is 2.02. The van der Waals surface area contributed by atoms with Crippen LogP contribution in [0.5, 0.6) is 0 Å². The first kappa shape index (κ1) is 14.7. The number of H-pyrrole nitrogens is 1. The topological polar surface area (TPSA) is 66.2 Å². The van der Waals surface area contributed by atoms with Crippen molar-refractivity contribution in [1.29, 1.82) is 0 Å². The Kier molecular flexibility index (Phi) is 4.92. The third-order valence-corrected chi connectivity index (χ3v) is 3.29. The van der Waals surface area contributed by atoms with Crippen molar-refractivity contribution in [2.75, 3.05) is 6.61 Å². The lowest BCUT2D eigenvalue weighted by Gasteiger charge is -1.98. The summed E-state index contributed by atoms with van der Waals surface area (Å²) < 4.78 is 7.65. The molecule has 0 unspecified atom stereocenters. The Morgan fingerprint density at radius 3 is 2.90 bits per heavy atom. The largest absolute Gasteiger partial charge is 0.461 e. The molecule has 0 saturated heterocycles. The van der Waals surface area contributed by atoms with Crippen molar-refractivity contribution in [3.63, 3.8) is 0 Å². The first-order valence-corrected chi connectivity index (χ1v) is 7.07. The number of rotatable bonds is 5. The standard InChI is InChI=1S/C14H15BrN2O3/c1-2-20-14(19)13-7-12(9-18)17(16-13)8-10-4-3-5-11(15)6-10/h3-7,18H,2,8-9H2,1H3/p+1. The first-order chi connectivity index (χ1) is 9.63. The maximum absolute atomic E-state index is 11.7. The van der Waals surface area contributed by atoms with E-state index in [2.05, 4.69) is 21.0 Å². The Morgan fingerprint density at radius 1 is 1.45 bits per heavy atom. The number of ether oxygens (including phenoxy) is 1. The van der Waals surface area contributed by atoms with E-state index in [9.17, 15) is 9.90 Å². The molecule has 2 aromatic rings. The Balaban J connectivity index is 2.24. The van der Waals surface area contributed by atoms with E-state index in [1.165, 1.54) is 0 Å². The second-order valence-electron chi connectivity index (χ2n) is 4.26. The zero-order chi connectivity index (χ0) is 14.5. The van der Waals surface area contributed by atoms with Crippen molar-refractivity contribution >= 4 is 21.9 Å². The van der Waals surface area contributed by atoms with Crippen LogP contribution in [0.1, 0.15) is 28.7 Å². The number of nitrogens with zero attached hydrogens (tertiary/aromatic N) is 1. The van der Waals surface area contributed by atoms with Crippen LogP contribution < -0.4 is 4.68 Å². The van der Waals surface area contributed by atoms with Gasteiger partial charge < -0.3 is 9.84 Å². The fourth-order valence-electron chi connectivity index (χ4n) is 1.90. The summed E-state index contributed by atoms with van der Waals surface area (Å²) in [6.07, 6.45) is 0. The van der Waals surface area contributed by atoms with Crippen LogP contribution in [0.15, 0.2) is 34.8 Å². The highest BCUT2D eigenvalue weighted by molar-refractivity contribution is 9.10. The van der Waals surface area contributed by atoms with E-state index in [1.807, 2.05) is 24.3 Å². The molecule has 2 N–H and O–H groups in total. The molecule has 5 nitrogen and oxygen atoms in total. The van der Waals surface area contributed by atoms with Crippen molar-refractivity contribution in [2.24, 2.45) is 0 Å². The van der Waals surface area contributed by atoms with E-state index in [0.29, 0.717) is 24.5 Å². The minimum Gasteiger partial charge on any atom is -0.461 e. The molecule has 1 heterocycles. The second-order valence-corrected chi connectivity index (χ2v) is 5.17. The number of hydrogen-bond acceptors (Lipinski definition) is 3. The van der Waals surface area contributed by atoms with Gasteiger partial charge in [-0.3, -0.25) is 0 Å². The third kappa shape index (κ3) is 3.46. The zero-order valence-electron chi connectivity index (χ0n) is 11.1. The highest BCUT2D eigenvalue weighted by Crippen LogP contribution is 2.11. The van der Waals surface area contributed by atoms with Gasteiger partial charge in [-0.2, -0.15) is 5.10 Å². The average Bonchev–Trinajstić information content (AvgIpc) is 2.82. The van der Waals surface area contributed by atoms with Crippen molar-refractivity contribution < 1.29 is 19.3 Å². The highest BCUT2D eigenvalue weighted by Gasteiger charge is 2.21. The molecule has 1 aromatic heterocycles. The normalized spacial score (nSPS) is 10.6. The lowest BCUT2D eigenvalue weighted by molar-refractivity contribution is -0.750. The Labute approximate surface area is 125 Å². The molecular formula is C14H16BrN2O3+. The van der Waals surface area contributed by atoms with Crippen molar-refractivity contribution in [3.8, 4) is 0 Å². The number of carbonyl (C=O) groups excluding carboxylic acids is 1. The van der Waals surface area contributed by atoms with Gasteiger partial charge in [-0.25, -0.2) is 4.79 Å². The van der Waals surface area contributed by atoms with Gasteiger partial charge >= 0.3 is 5.97 Å². The molecule has 0 bridgehead atoms. The molecule has 0 atom stereocenters. The number of aromatic nitrogens is 2. The summed E-state index contributed by atoms with van der Waals surface area (Å²) in [6.45, 7) is 2.46. The van der Waals surface area contributed by atoms with Gasteiger partial charge in [0.25, 0.3) is 0 Å². The minimum absolute atomic E-state index is 0.149. The Morgan fingerprint density at radius 2 is 2.25 bits per heavy atom. The third-order valence-electron chi connectivity index (χ3n) is 2.80. The molecule has 0 amide bonds. The van der Waals surface area contributed by atoms with Gasteiger partial charge in [0.15, 0.2) is 12.2 Å². The van der Waals surface area contributed by atoms with Gasteiger partial charge in [-0.15, -0.1) is 4.68 Å². The number of nitrogens with one attached hydrogen (secondary N) is 1. The summed E-state index contributed by atoms with van der Waals surface area (Å²) in [5.74, 6) is -0.421. The van der Waals surface area contributed by atoms with E-state index in [1.54, 1.807) is 17.7 Å². The van der Waals surface area contributed by atoms with Crippen LogP contribution in [0, 0.1) is 0 Å². The van der Waals surface area contributed by atoms with Gasteiger partial charge in [-0.1, -0.05) is 28.1 Å². The van der Waals surface area contributed by atoms with E-state index < -0.39 is 5.97 Å². The van der Waals surface area contributed by atoms with Crippen LogP contribution >= 0.6 is 15.9 Å². The van der Waals surface area contributed by atoms with Gasteiger partial charge in [-0.05, 0) is 19.1 Å². The first-order valence-electron chi connectivity index (χ1n) is 6.28. The van der Waals surface area contributed by atoms with Gasteiger partial charge in [0.05, 0.1) is 6.61 Å². The Hall–Kier alpha value is -1.66. The molecule has 106 valence electrons. The molecule has 6 heteroatoms. The number of aliphatic hydroxyl groups excluding tert-OH is 1. The van der Waals surface area contributed by atoms with Gasteiger partial charge in [0, 0.05) is 16.1 Å². The number of halogens is 1. The summed E-state index contributed by atoms with van der Waals surface area (Å²) in [6, 6.07) is 9.45. The predicted molar refractivity (Wildman–Crippen MR) is 76.1 cm³/mol. The SMILES string of the molecule is CCOC(=O)c1cc(CO)[n+](Cc2cccc(Br)c2)[nH]1. The van der Waals surface area contributed by atoms with Gasteiger partial charge in [0.1, 0.15) is 6.61 Å². The van der Waals surface area contributed by atoms with Crippen LogP contribution in [0.2, 0.25) is 0 Å². The number of esters is 1. The zero-order valence-corrected chi connectivity index (χ0v) is 12.7. The lowest BCUT2D eigenvalue weighted by Crippen LogP contribution is -2.40. The monoisotopic (exact) mass is 339 g/mol. The molecule has 2 rings (SSSR count). The fraction of sp³-hybridized carbons (Fsp3) is 0.286. The maximum atomic E-state index is 11.7. The Bertz CT molecular complexity index is 610. The van der Waals surface area contributed by atoms with E-state index in [-0.39, 0.29) is 6.61 Å². The number of benzene rings is 1. The molecule has 0 saturated carbocycles. The average molecular weight is 340 g/mol. The molecule has 20 heavy (non-hydrogen) atoms. The minimum atomic E-state index is -0.421. The van der Waals surface area contributed by atoms with Crippen LogP contribution in [0.25, 0.3) is 0 Å². The maximum Gasteiger partial charge on any atom is 0.360 e. The molecule has 0 radical (unpaired) electrons. The number of hydrogen-bond donors (Lipinski definition) is 2. The molecule has 0 spiro atoms. The molecule has 0 fully saturated rings. The van der Waals surface area contributed by atoms with Crippen LogP contribution in [-0.4, -0.2) is 22.8 Å². The predicted octanol–water partition coefficient (Wildman–Crippen LogP) is 1.78. The smallest absolute Gasteiger partial charge is 0.360 e. The van der Waals surface area contributed by atoms with Crippen LogP contribution in [0.4, 0.5) is 0 Å². The molecule has 0 aliphatic rings. The van der Waals surface area contributed by atoms with E-state index >= 15 is 0 Å². The van der Waals surface area contributed by atoms with Crippen LogP contribution in [-0.2, 0) is 17.9 Å². The van der Waals surface area contributed by atoms with Crippen molar-refractivity contribution in [1.82, 2.24) is 5.10 Å². The fourth-order valence-corrected chi connectivity index (χ4v) is 2.34. The summed E-state index contributed by atoms with van der Waals surface area (Å²) in [4.78, 5) is 11.7. The lowest BCUT2D eigenvalue weighted by atomic mass is 10.2. The number of aromatic amines is 1. The summed E-state index contributed by atoms with van der Waals surface area (Å²) in [5, 5.41) is 12.3. The summed E-state index contributed by atoms with van der Waals surface area (Å²) >= 11 is 3.42. The molecule has 0 aliphatic carbocycles. The molecular weight excluding hydrogens is 324 g/mol.